The van der Waals surface area contributed by atoms with Gasteiger partial charge in [0.2, 0.25) is 0 Å². The summed E-state index contributed by atoms with van der Waals surface area (Å²) < 4.78 is 5.52. The van der Waals surface area contributed by atoms with Crippen molar-refractivity contribution in [3.05, 3.63) is 0 Å². The minimum atomic E-state index is 0.770. The molecule has 0 aliphatic rings. The number of unbranched alkanes of at least 4 members (excludes halogenated alkanes) is 4. The second kappa shape index (κ2) is 13.0. The number of rotatable bonds is 12. The SMILES string of the molecule is CCCCOCCCCCCNCC(C)C. The van der Waals surface area contributed by atoms with E-state index in [1.807, 2.05) is 0 Å². The Bertz CT molecular complexity index is 126. The van der Waals surface area contributed by atoms with Gasteiger partial charge >= 0.3 is 0 Å². The van der Waals surface area contributed by atoms with Gasteiger partial charge in [0.25, 0.3) is 0 Å². The van der Waals surface area contributed by atoms with Gasteiger partial charge in [0.15, 0.2) is 0 Å². The zero-order valence-electron chi connectivity index (χ0n) is 11.6. The average molecular weight is 229 g/mol. The fraction of sp³-hybridized carbons (Fsp3) is 1.00. The van der Waals surface area contributed by atoms with Crippen LogP contribution in [0.15, 0.2) is 0 Å². The Balaban J connectivity index is 2.88. The molecule has 0 saturated carbocycles. The van der Waals surface area contributed by atoms with Gasteiger partial charge in [0.1, 0.15) is 0 Å². The highest BCUT2D eigenvalue weighted by Gasteiger charge is 1.93. The van der Waals surface area contributed by atoms with E-state index in [1.54, 1.807) is 0 Å². The number of hydrogen-bond donors (Lipinski definition) is 1. The monoisotopic (exact) mass is 229 g/mol. The van der Waals surface area contributed by atoms with E-state index in [0.717, 1.165) is 25.7 Å². The summed E-state index contributed by atoms with van der Waals surface area (Å²) in [5, 5.41) is 3.47. The predicted octanol–water partition coefficient (Wildman–Crippen LogP) is 3.61. The van der Waals surface area contributed by atoms with Crippen LogP contribution in [0.3, 0.4) is 0 Å². The van der Waals surface area contributed by atoms with Gasteiger partial charge in [-0.05, 0) is 38.3 Å². The summed E-state index contributed by atoms with van der Waals surface area (Å²) in [4.78, 5) is 0. The lowest BCUT2D eigenvalue weighted by Crippen LogP contribution is -2.20. The fourth-order valence-corrected chi connectivity index (χ4v) is 1.55. The molecule has 0 rings (SSSR count). The molecule has 0 fully saturated rings. The summed E-state index contributed by atoms with van der Waals surface area (Å²) in [5.74, 6) is 0.770. The van der Waals surface area contributed by atoms with Gasteiger partial charge in [-0.1, -0.05) is 40.0 Å². The maximum atomic E-state index is 5.52. The third-order valence-corrected chi connectivity index (χ3v) is 2.59. The van der Waals surface area contributed by atoms with Crippen LogP contribution in [0, 0.1) is 5.92 Å². The van der Waals surface area contributed by atoms with Crippen molar-refractivity contribution in [2.24, 2.45) is 5.92 Å². The minimum absolute atomic E-state index is 0.770. The van der Waals surface area contributed by atoms with Gasteiger partial charge in [-0.3, -0.25) is 0 Å². The molecule has 16 heavy (non-hydrogen) atoms. The molecule has 0 unspecified atom stereocenters. The molecule has 0 atom stereocenters. The second-order valence-electron chi connectivity index (χ2n) is 4.98. The van der Waals surface area contributed by atoms with E-state index in [2.05, 4.69) is 26.1 Å². The zero-order chi connectivity index (χ0) is 12.1. The van der Waals surface area contributed by atoms with Crippen molar-refractivity contribution in [3.8, 4) is 0 Å². The Labute approximate surface area is 102 Å². The van der Waals surface area contributed by atoms with Crippen molar-refractivity contribution in [1.82, 2.24) is 5.32 Å². The van der Waals surface area contributed by atoms with Crippen LogP contribution in [-0.4, -0.2) is 26.3 Å². The van der Waals surface area contributed by atoms with Gasteiger partial charge < -0.3 is 10.1 Å². The molecule has 2 nitrogen and oxygen atoms in total. The summed E-state index contributed by atoms with van der Waals surface area (Å²) in [5.41, 5.74) is 0. The lowest BCUT2D eigenvalue weighted by atomic mass is 10.2. The predicted molar refractivity (Wildman–Crippen MR) is 71.9 cm³/mol. The van der Waals surface area contributed by atoms with Crippen molar-refractivity contribution in [2.75, 3.05) is 26.3 Å². The highest BCUT2D eigenvalue weighted by atomic mass is 16.5. The largest absolute Gasteiger partial charge is 0.381 e. The molecule has 1 N–H and O–H groups in total. The van der Waals surface area contributed by atoms with E-state index in [0.29, 0.717) is 0 Å². The quantitative estimate of drug-likeness (QED) is 0.516. The first-order valence-corrected chi connectivity index (χ1v) is 7.05. The first kappa shape index (κ1) is 15.9. The van der Waals surface area contributed by atoms with E-state index in [9.17, 15) is 0 Å². The fourth-order valence-electron chi connectivity index (χ4n) is 1.55. The van der Waals surface area contributed by atoms with Crippen molar-refractivity contribution in [1.29, 1.82) is 0 Å². The van der Waals surface area contributed by atoms with Gasteiger partial charge in [-0.15, -0.1) is 0 Å². The zero-order valence-corrected chi connectivity index (χ0v) is 11.6. The lowest BCUT2D eigenvalue weighted by molar-refractivity contribution is 0.127. The van der Waals surface area contributed by atoms with Gasteiger partial charge in [0, 0.05) is 13.2 Å². The molecule has 0 spiro atoms. The van der Waals surface area contributed by atoms with Crippen molar-refractivity contribution in [2.45, 2.75) is 59.3 Å². The van der Waals surface area contributed by atoms with Crippen LogP contribution in [0.5, 0.6) is 0 Å². The van der Waals surface area contributed by atoms with E-state index >= 15 is 0 Å². The van der Waals surface area contributed by atoms with E-state index in [4.69, 9.17) is 4.74 Å². The van der Waals surface area contributed by atoms with E-state index < -0.39 is 0 Å². The average Bonchev–Trinajstić information content (AvgIpc) is 2.25. The molecule has 0 aromatic carbocycles. The van der Waals surface area contributed by atoms with Crippen LogP contribution in [0.4, 0.5) is 0 Å². The van der Waals surface area contributed by atoms with Gasteiger partial charge in [0.05, 0.1) is 0 Å². The molecule has 0 saturated heterocycles. The maximum Gasteiger partial charge on any atom is 0.0466 e. The molecular formula is C14H31NO. The normalized spacial score (nSPS) is 11.2. The summed E-state index contributed by atoms with van der Waals surface area (Å²) in [6.45, 7) is 10.9. The smallest absolute Gasteiger partial charge is 0.0466 e. The van der Waals surface area contributed by atoms with Crippen LogP contribution in [0.1, 0.15) is 59.3 Å². The van der Waals surface area contributed by atoms with Crippen LogP contribution in [0.2, 0.25) is 0 Å². The molecule has 0 aliphatic heterocycles. The van der Waals surface area contributed by atoms with Crippen molar-refractivity contribution >= 4 is 0 Å². The first-order valence-electron chi connectivity index (χ1n) is 7.05. The summed E-state index contributed by atoms with van der Waals surface area (Å²) in [6.07, 6.45) is 7.63. The Morgan fingerprint density at radius 3 is 2.31 bits per heavy atom. The Morgan fingerprint density at radius 2 is 1.62 bits per heavy atom. The third kappa shape index (κ3) is 13.9. The summed E-state index contributed by atoms with van der Waals surface area (Å²) in [7, 11) is 0. The van der Waals surface area contributed by atoms with Crippen LogP contribution in [-0.2, 0) is 4.74 Å². The molecule has 2 heteroatoms. The Kier molecular flexibility index (Phi) is 12.9. The first-order chi connectivity index (χ1) is 7.77. The van der Waals surface area contributed by atoms with E-state index in [-0.39, 0.29) is 0 Å². The standard InChI is InChI=1S/C14H31NO/c1-4-5-11-16-12-9-7-6-8-10-15-13-14(2)3/h14-15H,4-13H2,1-3H3. The van der Waals surface area contributed by atoms with Gasteiger partial charge in [-0.2, -0.15) is 0 Å². The molecule has 98 valence electrons. The van der Waals surface area contributed by atoms with Crippen molar-refractivity contribution < 1.29 is 4.74 Å². The molecule has 0 aliphatic carbocycles. The second-order valence-corrected chi connectivity index (χ2v) is 4.98. The summed E-state index contributed by atoms with van der Waals surface area (Å²) >= 11 is 0. The molecule has 0 heterocycles. The number of hydrogen-bond acceptors (Lipinski definition) is 2. The van der Waals surface area contributed by atoms with Crippen LogP contribution < -0.4 is 5.32 Å². The van der Waals surface area contributed by atoms with Gasteiger partial charge in [-0.25, -0.2) is 0 Å². The van der Waals surface area contributed by atoms with Crippen LogP contribution in [0.25, 0.3) is 0 Å². The highest BCUT2D eigenvalue weighted by Crippen LogP contribution is 2.00. The number of nitrogens with one attached hydrogen (secondary N) is 1. The van der Waals surface area contributed by atoms with Crippen molar-refractivity contribution in [3.63, 3.8) is 0 Å². The molecule has 0 aromatic heterocycles. The third-order valence-electron chi connectivity index (χ3n) is 2.59. The maximum absolute atomic E-state index is 5.52. The molecule has 0 amide bonds. The molecule has 0 radical (unpaired) electrons. The minimum Gasteiger partial charge on any atom is -0.381 e. The Hall–Kier alpha value is -0.0800. The molecule has 0 bridgehead atoms. The lowest BCUT2D eigenvalue weighted by Gasteiger charge is -2.07. The molecular weight excluding hydrogens is 198 g/mol. The Morgan fingerprint density at radius 1 is 0.938 bits per heavy atom. The molecule has 0 aromatic rings. The van der Waals surface area contributed by atoms with Crippen LogP contribution >= 0.6 is 0 Å². The summed E-state index contributed by atoms with van der Waals surface area (Å²) in [6, 6.07) is 0. The van der Waals surface area contributed by atoms with E-state index in [1.165, 1.54) is 45.1 Å². The number of ether oxygens (including phenoxy) is 1. The topological polar surface area (TPSA) is 21.3 Å². The highest BCUT2D eigenvalue weighted by molar-refractivity contribution is 4.52.